The molecule has 9 heteroatoms. The topological polar surface area (TPSA) is 95.9 Å². The third kappa shape index (κ3) is 4.80. The number of carbonyl (C=O) groups is 3. The number of nitrogens with one attached hydrogen (secondary N) is 1. The minimum Gasteiger partial charge on any atom is -0.465 e. The Morgan fingerprint density at radius 3 is 2.58 bits per heavy atom. The standard InChI is InChI=1S/C31H30F2N2O5/c1-3-28(36)34-12-10-19-6-4-5-7-22(19)20-8-9-21(18(2)14-20)25-17-35(30(38)39)13-11-31(25)24-16-27(33)26(32)15-23(24)29(37)40-31/h4-9,14-16,25H,3,10-13,17H2,1-2H3,(H,34,36)(H,38,39)/t25-,31+/m1/s1. The first-order valence-corrected chi connectivity index (χ1v) is 13.3. The average molecular weight is 549 g/mol. The zero-order chi connectivity index (χ0) is 28.6. The second-order valence-electron chi connectivity index (χ2n) is 10.3. The summed E-state index contributed by atoms with van der Waals surface area (Å²) in [6.07, 6.45) is 0.0807. The molecule has 208 valence electrons. The van der Waals surface area contributed by atoms with Gasteiger partial charge < -0.3 is 20.1 Å². The summed E-state index contributed by atoms with van der Waals surface area (Å²) in [6, 6.07) is 15.6. The lowest BCUT2D eigenvalue weighted by Crippen LogP contribution is -2.50. The summed E-state index contributed by atoms with van der Waals surface area (Å²) in [5.41, 5.74) is 3.49. The number of likely N-dealkylation sites (tertiary alicyclic amines) is 1. The third-order valence-corrected chi connectivity index (χ3v) is 8.01. The first-order chi connectivity index (χ1) is 19.1. The molecule has 40 heavy (non-hydrogen) atoms. The SMILES string of the molecule is CCC(=O)NCCc1ccccc1-c1ccc([C@H]2CN(C(=O)O)CC[C@@]23OC(=O)c2cc(F)c(F)cc23)c(C)c1. The molecule has 0 saturated carbocycles. The van der Waals surface area contributed by atoms with Crippen LogP contribution in [0.5, 0.6) is 0 Å². The van der Waals surface area contributed by atoms with Crippen LogP contribution < -0.4 is 5.32 Å². The summed E-state index contributed by atoms with van der Waals surface area (Å²) in [6.45, 7) is 4.32. The molecule has 0 unspecified atom stereocenters. The van der Waals surface area contributed by atoms with Crippen LogP contribution in [-0.2, 0) is 21.6 Å². The second kappa shape index (κ2) is 10.7. The predicted octanol–water partition coefficient (Wildman–Crippen LogP) is 5.54. The highest BCUT2D eigenvalue weighted by Gasteiger charge is 2.55. The van der Waals surface area contributed by atoms with Crippen LogP contribution in [0.3, 0.4) is 0 Å². The summed E-state index contributed by atoms with van der Waals surface area (Å²) < 4.78 is 34.4. The first-order valence-electron chi connectivity index (χ1n) is 13.3. The maximum absolute atomic E-state index is 14.4. The Bertz CT molecular complexity index is 1510. The van der Waals surface area contributed by atoms with Crippen LogP contribution in [0, 0.1) is 18.6 Å². The van der Waals surface area contributed by atoms with E-state index in [-0.39, 0.29) is 36.5 Å². The van der Waals surface area contributed by atoms with E-state index in [4.69, 9.17) is 4.74 Å². The summed E-state index contributed by atoms with van der Waals surface area (Å²) >= 11 is 0. The van der Waals surface area contributed by atoms with Gasteiger partial charge in [0.2, 0.25) is 5.91 Å². The van der Waals surface area contributed by atoms with E-state index in [2.05, 4.69) is 5.32 Å². The van der Waals surface area contributed by atoms with Crippen LogP contribution in [-0.4, -0.2) is 47.6 Å². The Labute approximate surface area is 230 Å². The van der Waals surface area contributed by atoms with Gasteiger partial charge in [0.25, 0.3) is 0 Å². The van der Waals surface area contributed by atoms with Gasteiger partial charge in [0.05, 0.1) is 5.56 Å². The number of hydrogen-bond acceptors (Lipinski definition) is 4. The molecule has 3 aromatic carbocycles. The molecular weight excluding hydrogens is 518 g/mol. The maximum Gasteiger partial charge on any atom is 0.407 e. The molecule has 0 aromatic heterocycles. The number of carboxylic acid groups (broad SMARTS) is 1. The molecule has 3 aromatic rings. The highest BCUT2D eigenvalue weighted by molar-refractivity contribution is 5.95. The third-order valence-electron chi connectivity index (χ3n) is 8.01. The van der Waals surface area contributed by atoms with Gasteiger partial charge in [-0.2, -0.15) is 0 Å². The van der Waals surface area contributed by atoms with Crippen molar-refractivity contribution < 1.29 is 33.0 Å². The Hall–Kier alpha value is -4.27. The number of benzene rings is 3. The normalized spacial score (nSPS) is 19.9. The fourth-order valence-corrected chi connectivity index (χ4v) is 5.96. The largest absolute Gasteiger partial charge is 0.465 e. The fourth-order valence-electron chi connectivity index (χ4n) is 5.96. The molecule has 0 radical (unpaired) electrons. The van der Waals surface area contributed by atoms with Crippen molar-refractivity contribution in [3.8, 4) is 11.1 Å². The monoisotopic (exact) mass is 548 g/mol. The lowest BCUT2D eigenvalue weighted by molar-refractivity contribution is -0.120. The molecule has 1 saturated heterocycles. The van der Waals surface area contributed by atoms with Crippen LogP contribution in [0.1, 0.15) is 58.3 Å². The predicted molar refractivity (Wildman–Crippen MR) is 144 cm³/mol. The molecule has 0 aliphatic carbocycles. The lowest BCUT2D eigenvalue weighted by Gasteiger charge is -2.44. The number of fused-ring (bicyclic) bond motifs is 2. The van der Waals surface area contributed by atoms with Crippen LogP contribution in [0.4, 0.5) is 13.6 Å². The van der Waals surface area contributed by atoms with Gasteiger partial charge in [-0.1, -0.05) is 49.4 Å². The molecular formula is C31H30F2N2O5. The zero-order valence-electron chi connectivity index (χ0n) is 22.3. The number of nitrogens with zero attached hydrogens (tertiary/aromatic N) is 1. The van der Waals surface area contributed by atoms with Gasteiger partial charge in [-0.3, -0.25) is 4.79 Å². The van der Waals surface area contributed by atoms with Gasteiger partial charge in [-0.05, 0) is 53.3 Å². The number of rotatable bonds is 6. The minimum absolute atomic E-state index is 0.00805. The van der Waals surface area contributed by atoms with Gasteiger partial charge in [0.1, 0.15) is 5.60 Å². The summed E-state index contributed by atoms with van der Waals surface area (Å²) in [7, 11) is 0. The molecule has 2 N–H and O–H groups in total. The van der Waals surface area contributed by atoms with E-state index >= 15 is 0 Å². The second-order valence-corrected chi connectivity index (χ2v) is 10.3. The lowest BCUT2D eigenvalue weighted by atomic mass is 9.71. The Morgan fingerprint density at radius 2 is 1.85 bits per heavy atom. The molecule has 2 aliphatic heterocycles. The van der Waals surface area contributed by atoms with E-state index in [0.717, 1.165) is 39.9 Å². The number of amides is 2. The quantitative estimate of drug-likeness (QED) is 0.395. The number of hydrogen-bond donors (Lipinski definition) is 2. The highest BCUT2D eigenvalue weighted by atomic mass is 19.2. The molecule has 2 amide bonds. The Morgan fingerprint density at radius 1 is 1.10 bits per heavy atom. The zero-order valence-corrected chi connectivity index (χ0v) is 22.3. The van der Waals surface area contributed by atoms with Crippen molar-refractivity contribution in [1.29, 1.82) is 0 Å². The van der Waals surface area contributed by atoms with E-state index in [1.807, 2.05) is 49.4 Å². The fraction of sp³-hybridized carbons (Fsp3) is 0.323. The average Bonchev–Trinajstić information content (AvgIpc) is 3.19. The number of esters is 1. The van der Waals surface area contributed by atoms with Crippen molar-refractivity contribution in [2.24, 2.45) is 0 Å². The number of piperidine rings is 1. The van der Waals surface area contributed by atoms with E-state index in [9.17, 15) is 28.3 Å². The molecule has 1 fully saturated rings. The number of carbonyl (C=O) groups excluding carboxylic acids is 2. The van der Waals surface area contributed by atoms with Gasteiger partial charge >= 0.3 is 12.1 Å². The Kier molecular flexibility index (Phi) is 7.31. The number of halogens is 2. The van der Waals surface area contributed by atoms with Crippen molar-refractivity contribution in [3.05, 3.63) is 94.0 Å². The minimum atomic E-state index is -1.32. The van der Waals surface area contributed by atoms with Crippen molar-refractivity contribution in [2.45, 2.75) is 44.6 Å². The van der Waals surface area contributed by atoms with E-state index in [1.54, 1.807) is 6.92 Å². The van der Waals surface area contributed by atoms with Crippen LogP contribution in [0.25, 0.3) is 11.1 Å². The molecule has 7 nitrogen and oxygen atoms in total. The van der Waals surface area contributed by atoms with Crippen LogP contribution >= 0.6 is 0 Å². The number of ether oxygens (including phenoxy) is 1. The van der Waals surface area contributed by atoms with E-state index in [1.165, 1.54) is 4.90 Å². The van der Waals surface area contributed by atoms with E-state index in [0.29, 0.717) is 19.4 Å². The van der Waals surface area contributed by atoms with Gasteiger partial charge in [0, 0.05) is 44.0 Å². The molecule has 2 aliphatic rings. The molecule has 0 bridgehead atoms. The highest BCUT2D eigenvalue weighted by Crippen LogP contribution is 2.52. The van der Waals surface area contributed by atoms with Gasteiger partial charge in [-0.15, -0.1) is 0 Å². The van der Waals surface area contributed by atoms with E-state index < -0.39 is 35.2 Å². The van der Waals surface area contributed by atoms with Crippen molar-refractivity contribution in [2.75, 3.05) is 19.6 Å². The Balaban J connectivity index is 1.54. The van der Waals surface area contributed by atoms with Crippen molar-refractivity contribution in [1.82, 2.24) is 10.2 Å². The smallest absolute Gasteiger partial charge is 0.407 e. The van der Waals surface area contributed by atoms with Gasteiger partial charge in [0.15, 0.2) is 11.6 Å². The summed E-state index contributed by atoms with van der Waals surface area (Å²) in [5, 5.41) is 12.7. The van der Waals surface area contributed by atoms with Crippen molar-refractivity contribution >= 4 is 18.0 Å². The molecule has 1 spiro atoms. The summed E-state index contributed by atoms with van der Waals surface area (Å²) in [4.78, 5) is 37.7. The first kappa shape index (κ1) is 27.3. The summed E-state index contributed by atoms with van der Waals surface area (Å²) in [5.74, 6) is -3.62. The van der Waals surface area contributed by atoms with Crippen LogP contribution in [0.2, 0.25) is 0 Å². The maximum atomic E-state index is 14.4. The van der Waals surface area contributed by atoms with Gasteiger partial charge in [-0.25, -0.2) is 18.4 Å². The molecule has 2 heterocycles. The van der Waals surface area contributed by atoms with Crippen LogP contribution in [0.15, 0.2) is 54.6 Å². The van der Waals surface area contributed by atoms with Crippen molar-refractivity contribution in [3.63, 3.8) is 0 Å². The molecule has 5 rings (SSSR count). The number of aryl methyl sites for hydroxylation is 1. The molecule has 2 atom stereocenters.